The van der Waals surface area contributed by atoms with Gasteiger partial charge in [-0.25, -0.2) is 9.18 Å². The molecular formula is C25H16FNO6. The number of fused-ring (bicyclic) bond motifs is 4. The second kappa shape index (κ2) is 7.37. The largest absolute Gasteiger partial charge is 0.478 e. The third-order valence-corrected chi connectivity index (χ3v) is 5.78. The summed E-state index contributed by atoms with van der Waals surface area (Å²) in [7, 11) is 0. The van der Waals surface area contributed by atoms with Crippen LogP contribution in [0.5, 0.6) is 17.2 Å². The van der Waals surface area contributed by atoms with Gasteiger partial charge in [-0.3, -0.25) is 4.79 Å². The number of para-hydroxylation sites is 1. The summed E-state index contributed by atoms with van der Waals surface area (Å²) in [5, 5.41) is 3.34. The first-order valence-electron chi connectivity index (χ1n) is 10.3. The summed E-state index contributed by atoms with van der Waals surface area (Å²) in [4.78, 5) is 26.3. The van der Waals surface area contributed by atoms with Crippen LogP contribution >= 0.6 is 0 Å². The van der Waals surface area contributed by atoms with Crippen molar-refractivity contribution in [2.45, 2.75) is 12.0 Å². The van der Waals surface area contributed by atoms with Crippen LogP contribution in [-0.2, 0) is 4.79 Å². The smallest absolute Gasteiger partial charge is 0.344 e. The van der Waals surface area contributed by atoms with Crippen molar-refractivity contribution in [3.05, 3.63) is 94.1 Å². The molecule has 2 unspecified atom stereocenters. The highest BCUT2D eigenvalue weighted by Gasteiger charge is 2.44. The Bertz CT molecular complexity index is 1460. The predicted molar refractivity (Wildman–Crippen MR) is 116 cm³/mol. The molecular weight excluding hydrogens is 429 g/mol. The van der Waals surface area contributed by atoms with Crippen LogP contribution in [-0.4, -0.2) is 18.8 Å². The van der Waals surface area contributed by atoms with Crippen molar-refractivity contribution in [3.63, 3.8) is 0 Å². The number of halogens is 1. The van der Waals surface area contributed by atoms with Crippen molar-refractivity contribution in [1.29, 1.82) is 0 Å². The van der Waals surface area contributed by atoms with E-state index >= 15 is 0 Å². The van der Waals surface area contributed by atoms with E-state index in [0.29, 0.717) is 39.5 Å². The SMILES string of the molecule is O=C(Nc1ccc(F)cc1)C1Oc2c(c(=O)oc3ccccc23)C1c1ccc2c(c1)OCO2. The van der Waals surface area contributed by atoms with Crippen molar-refractivity contribution in [2.24, 2.45) is 0 Å². The molecule has 1 N–H and O–H groups in total. The Balaban J connectivity index is 1.48. The number of nitrogens with one attached hydrogen (secondary N) is 1. The van der Waals surface area contributed by atoms with Gasteiger partial charge in [-0.05, 0) is 54.1 Å². The first-order chi connectivity index (χ1) is 16.1. The molecule has 4 aromatic rings. The molecule has 0 aliphatic carbocycles. The Hall–Kier alpha value is -4.33. The maximum absolute atomic E-state index is 13.3. The molecule has 0 radical (unpaired) electrons. The molecule has 1 aromatic heterocycles. The number of hydrogen-bond acceptors (Lipinski definition) is 6. The first kappa shape index (κ1) is 19.4. The van der Waals surface area contributed by atoms with Gasteiger partial charge in [0, 0.05) is 5.69 Å². The molecule has 3 aromatic carbocycles. The van der Waals surface area contributed by atoms with Gasteiger partial charge in [0.05, 0.1) is 16.9 Å². The van der Waals surface area contributed by atoms with Gasteiger partial charge in [-0.1, -0.05) is 18.2 Å². The van der Waals surface area contributed by atoms with Crippen LogP contribution < -0.4 is 25.2 Å². The molecule has 0 spiro atoms. The lowest BCUT2D eigenvalue weighted by atomic mass is 9.88. The molecule has 2 atom stereocenters. The van der Waals surface area contributed by atoms with Crippen LogP contribution in [0.15, 0.2) is 75.9 Å². The molecule has 0 saturated heterocycles. The second-order valence-corrected chi connectivity index (χ2v) is 7.75. The maximum Gasteiger partial charge on any atom is 0.344 e. The van der Waals surface area contributed by atoms with Crippen LogP contribution in [0.1, 0.15) is 17.0 Å². The van der Waals surface area contributed by atoms with E-state index in [1.54, 1.807) is 42.5 Å². The molecule has 33 heavy (non-hydrogen) atoms. The quantitative estimate of drug-likeness (QED) is 0.476. The number of carbonyl (C=O) groups is 1. The van der Waals surface area contributed by atoms with Crippen molar-refractivity contribution < 1.29 is 27.8 Å². The standard InChI is InChI=1S/C25H16FNO6/c26-14-6-8-15(9-7-14)27-24(28)23-20(13-5-10-18-19(11-13)31-12-30-18)21-22(33-23)16-3-1-2-4-17(16)32-25(21)29/h1-11,20,23H,12H2,(H,27,28). The number of anilines is 1. The summed E-state index contributed by atoms with van der Waals surface area (Å²) < 4.78 is 35.8. The lowest BCUT2D eigenvalue weighted by Gasteiger charge is -2.19. The number of rotatable bonds is 3. The van der Waals surface area contributed by atoms with Crippen LogP contribution in [0.3, 0.4) is 0 Å². The third-order valence-electron chi connectivity index (χ3n) is 5.78. The fourth-order valence-electron chi connectivity index (χ4n) is 4.28. The zero-order chi connectivity index (χ0) is 22.5. The topological polar surface area (TPSA) is 87.0 Å². The van der Waals surface area contributed by atoms with Gasteiger partial charge in [-0.15, -0.1) is 0 Å². The Morgan fingerprint density at radius 3 is 2.61 bits per heavy atom. The Morgan fingerprint density at radius 2 is 1.76 bits per heavy atom. The summed E-state index contributed by atoms with van der Waals surface area (Å²) in [5.74, 6) is -0.247. The number of amides is 1. The summed E-state index contributed by atoms with van der Waals surface area (Å²) in [6, 6.07) is 17.6. The first-order valence-corrected chi connectivity index (χ1v) is 10.3. The molecule has 7 nitrogen and oxygen atoms in total. The highest BCUT2D eigenvalue weighted by Crippen LogP contribution is 2.46. The Labute approximate surface area is 186 Å². The molecule has 3 heterocycles. The molecule has 1 amide bonds. The van der Waals surface area contributed by atoms with E-state index in [4.69, 9.17) is 18.6 Å². The molecule has 8 heteroatoms. The van der Waals surface area contributed by atoms with E-state index in [2.05, 4.69) is 5.32 Å². The predicted octanol–water partition coefficient (Wildman–Crippen LogP) is 4.19. The lowest BCUT2D eigenvalue weighted by Crippen LogP contribution is -2.35. The third kappa shape index (κ3) is 3.18. The summed E-state index contributed by atoms with van der Waals surface area (Å²) in [6.45, 7) is 0.0950. The zero-order valence-corrected chi connectivity index (χ0v) is 17.0. The average molecular weight is 445 g/mol. The zero-order valence-electron chi connectivity index (χ0n) is 17.0. The summed E-state index contributed by atoms with van der Waals surface area (Å²) in [5.41, 5.74) is 1.09. The normalized spacial score (nSPS) is 18.1. The van der Waals surface area contributed by atoms with Gasteiger partial charge in [0.25, 0.3) is 5.91 Å². The molecule has 2 aliphatic rings. The van der Waals surface area contributed by atoms with Crippen LogP contribution in [0.25, 0.3) is 11.0 Å². The van der Waals surface area contributed by atoms with E-state index in [1.165, 1.54) is 24.3 Å². The second-order valence-electron chi connectivity index (χ2n) is 7.75. The number of benzene rings is 3. The minimum Gasteiger partial charge on any atom is -0.478 e. The number of ether oxygens (including phenoxy) is 3. The van der Waals surface area contributed by atoms with Gasteiger partial charge >= 0.3 is 5.63 Å². The Morgan fingerprint density at radius 1 is 0.970 bits per heavy atom. The monoisotopic (exact) mass is 445 g/mol. The highest BCUT2D eigenvalue weighted by atomic mass is 19.1. The van der Waals surface area contributed by atoms with E-state index < -0.39 is 29.4 Å². The van der Waals surface area contributed by atoms with E-state index in [-0.39, 0.29) is 12.4 Å². The van der Waals surface area contributed by atoms with Gasteiger partial charge in [-0.2, -0.15) is 0 Å². The van der Waals surface area contributed by atoms with Crippen molar-refractivity contribution >= 4 is 22.6 Å². The molecule has 164 valence electrons. The van der Waals surface area contributed by atoms with E-state index in [1.807, 2.05) is 0 Å². The summed E-state index contributed by atoms with van der Waals surface area (Å²) in [6.07, 6.45) is -1.07. The average Bonchev–Trinajstić information content (AvgIpc) is 3.45. The van der Waals surface area contributed by atoms with E-state index in [9.17, 15) is 14.0 Å². The number of hydrogen-bond donors (Lipinski definition) is 1. The number of carbonyl (C=O) groups excluding carboxylic acids is 1. The van der Waals surface area contributed by atoms with Gasteiger partial charge < -0.3 is 23.9 Å². The molecule has 0 bridgehead atoms. The molecule has 2 aliphatic heterocycles. The van der Waals surface area contributed by atoms with Gasteiger partial charge in [0.15, 0.2) is 17.6 Å². The molecule has 0 fully saturated rings. The fourth-order valence-corrected chi connectivity index (χ4v) is 4.28. The molecule has 6 rings (SSSR count). The van der Waals surface area contributed by atoms with Gasteiger partial charge in [0.1, 0.15) is 17.1 Å². The lowest BCUT2D eigenvalue weighted by molar-refractivity contribution is -0.122. The maximum atomic E-state index is 13.3. The summed E-state index contributed by atoms with van der Waals surface area (Å²) >= 11 is 0. The van der Waals surface area contributed by atoms with Crippen molar-refractivity contribution in [2.75, 3.05) is 12.1 Å². The minimum absolute atomic E-state index is 0.0950. The van der Waals surface area contributed by atoms with E-state index in [0.717, 1.165) is 0 Å². The van der Waals surface area contributed by atoms with Crippen LogP contribution in [0.4, 0.5) is 10.1 Å². The van der Waals surface area contributed by atoms with Crippen molar-refractivity contribution in [3.8, 4) is 17.2 Å². The fraction of sp³-hybridized carbons (Fsp3) is 0.120. The minimum atomic E-state index is -1.07. The van der Waals surface area contributed by atoms with Crippen LogP contribution in [0, 0.1) is 5.82 Å². The highest BCUT2D eigenvalue weighted by molar-refractivity contribution is 5.97. The van der Waals surface area contributed by atoms with Crippen molar-refractivity contribution in [1.82, 2.24) is 0 Å². The van der Waals surface area contributed by atoms with Gasteiger partial charge in [0.2, 0.25) is 6.79 Å². The van der Waals surface area contributed by atoms with Crippen LogP contribution in [0.2, 0.25) is 0 Å². The Kier molecular flexibility index (Phi) is 4.33. The molecule has 0 saturated carbocycles.